The normalized spacial score (nSPS) is 11.5. The van der Waals surface area contributed by atoms with Crippen LogP contribution in [0.5, 0.6) is 5.75 Å². The summed E-state index contributed by atoms with van der Waals surface area (Å²) in [5, 5.41) is 3.21. The fourth-order valence-electron chi connectivity index (χ4n) is 2.48. The van der Waals surface area contributed by atoms with Crippen LogP contribution in [0.15, 0.2) is 48.5 Å². The van der Waals surface area contributed by atoms with Crippen LogP contribution in [0.25, 0.3) is 0 Å². The molecule has 1 N–H and O–H groups in total. The maximum atomic E-state index is 12.6. The molecular formula is C20H23ClN2O3. The van der Waals surface area contributed by atoms with Crippen molar-refractivity contribution in [3.05, 3.63) is 59.1 Å². The smallest absolute Gasteiger partial charge is 0.265 e. The average Bonchev–Trinajstić information content (AvgIpc) is 2.64. The first kappa shape index (κ1) is 19.8. The lowest BCUT2D eigenvalue weighted by molar-refractivity contribution is -0.122. The minimum atomic E-state index is -0.772. The summed E-state index contributed by atoms with van der Waals surface area (Å²) in [4.78, 5) is 26.9. The Labute approximate surface area is 158 Å². The second kappa shape index (κ2) is 9.25. The molecule has 2 aromatic rings. The van der Waals surface area contributed by atoms with Crippen LogP contribution < -0.4 is 10.1 Å². The Hall–Kier alpha value is -2.53. The fraction of sp³-hybridized carbons (Fsp3) is 0.300. The van der Waals surface area contributed by atoms with Crippen molar-refractivity contribution >= 4 is 29.1 Å². The number of para-hydroxylation sites is 2. The van der Waals surface area contributed by atoms with Gasteiger partial charge in [-0.15, -0.1) is 0 Å². The molecule has 26 heavy (non-hydrogen) atoms. The molecule has 0 radical (unpaired) electrons. The van der Waals surface area contributed by atoms with E-state index >= 15 is 0 Å². The number of carbonyl (C=O) groups is 2. The molecule has 0 heterocycles. The maximum absolute atomic E-state index is 12.6. The van der Waals surface area contributed by atoms with E-state index in [9.17, 15) is 9.59 Å². The van der Waals surface area contributed by atoms with Crippen LogP contribution >= 0.6 is 11.6 Å². The van der Waals surface area contributed by atoms with E-state index in [1.54, 1.807) is 60.4 Å². The predicted molar refractivity (Wildman–Crippen MR) is 104 cm³/mol. The van der Waals surface area contributed by atoms with Crippen LogP contribution in [0.2, 0.25) is 5.02 Å². The summed E-state index contributed by atoms with van der Waals surface area (Å²) in [7, 11) is 0. The lowest BCUT2D eigenvalue weighted by Gasteiger charge is -2.21. The Kier molecular flexibility index (Phi) is 7.04. The van der Waals surface area contributed by atoms with Crippen molar-refractivity contribution in [2.75, 3.05) is 18.4 Å². The number of nitrogens with one attached hydrogen (secondary N) is 1. The van der Waals surface area contributed by atoms with Crippen LogP contribution in [0, 0.1) is 0 Å². The van der Waals surface area contributed by atoms with Crippen molar-refractivity contribution in [3.63, 3.8) is 0 Å². The van der Waals surface area contributed by atoms with Crippen LogP contribution in [-0.4, -0.2) is 35.9 Å². The van der Waals surface area contributed by atoms with Gasteiger partial charge in [-0.25, -0.2) is 0 Å². The molecule has 2 aromatic carbocycles. The van der Waals surface area contributed by atoms with E-state index in [2.05, 4.69) is 5.32 Å². The van der Waals surface area contributed by atoms with Gasteiger partial charge in [-0.1, -0.05) is 35.9 Å². The van der Waals surface area contributed by atoms with Gasteiger partial charge in [0.25, 0.3) is 11.8 Å². The molecule has 5 nitrogen and oxygen atoms in total. The Bertz CT molecular complexity index is 775. The molecule has 0 aromatic heterocycles. The largest absolute Gasteiger partial charge is 0.479 e. The number of halogens is 1. The Morgan fingerprint density at radius 3 is 2.35 bits per heavy atom. The highest BCUT2D eigenvalue weighted by molar-refractivity contribution is 6.32. The third-order valence-electron chi connectivity index (χ3n) is 3.98. The van der Waals surface area contributed by atoms with Gasteiger partial charge in [0.2, 0.25) is 0 Å². The number of carbonyl (C=O) groups excluding carboxylic acids is 2. The van der Waals surface area contributed by atoms with Crippen LogP contribution in [0.1, 0.15) is 31.1 Å². The summed E-state index contributed by atoms with van der Waals surface area (Å²) in [5.41, 5.74) is 0.915. The highest BCUT2D eigenvalue weighted by Gasteiger charge is 2.21. The number of amides is 2. The molecular weight excluding hydrogens is 352 g/mol. The summed E-state index contributed by atoms with van der Waals surface area (Å²) in [5.74, 6) is -0.0420. The zero-order valence-corrected chi connectivity index (χ0v) is 15.9. The second-order valence-electron chi connectivity index (χ2n) is 5.70. The third-order valence-corrected chi connectivity index (χ3v) is 4.29. The number of hydrogen-bond donors (Lipinski definition) is 1. The van der Waals surface area contributed by atoms with E-state index in [1.807, 2.05) is 13.8 Å². The topological polar surface area (TPSA) is 58.6 Å². The molecule has 2 rings (SSSR count). The van der Waals surface area contributed by atoms with E-state index in [0.29, 0.717) is 35.1 Å². The first-order chi connectivity index (χ1) is 12.5. The van der Waals surface area contributed by atoms with E-state index in [0.717, 1.165) is 0 Å². The average molecular weight is 375 g/mol. The van der Waals surface area contributed by atoms with Crippen LogP contribution in [-0.2, 0) is 4.79 Å². The minimum Gasteiger partial charge on any atom is -0.479 e. The summed E-state index contributed by atoms with van der Waals surface area (Å²) >= 11 is 6.06. The fourth-order valence-corrected chi connectivity index (χ4v) is 2.66. The zero-order chi connectivity index (χ0) is 19.1. The molecule has 0 aliphatic rings. The molecule has 138 valence electrons. The number of ether oxygens (including phenoxy) is 1. The van der Waals surface area contributed by atoms with Crippen molar-refractivity contribution in [2.45, 2.75) is 26.9 Å². The van der Waals surface area contributed by atoms with Gasteiger partial charge in [0, 0.05) is 13.1 Å². The molecule has 0 aliphatic heterocycles. The molecule has 0 spiro atoms. The van der Waals surface area contributed by atoms with Crippen LogP contribution in [0.4, 0.5) is 5.69 Å². The Morgan fingerprint density at radius 2 is 1.69 bits per heavy atom. The van der Waals surface area contributed by atoms with Gasteiger partial charge in [0.15, 0.2) is 6.10 Å². The number of nitrogens with zero attached hydrogens (tertiary/aromatic N) is 1. The van der Waals surface area contributed by atoms with E-state index in [4.69, 9.17) is 16.3 Å². The lowest BCUT2D eigenvalue weighted by atomic mass is 10.1. The highest BCUT2D eigenvalue weighted by atomic mass is 35.5. The molecule has 6 heteroatoms. The zero-order valence-electron chi connectivity index (χ0n) is 15.2. The Balaban J connectivity index is 2.14. The molecule has 2 amide bonds. The number of anilines is 1. The maximum Gasteiger partial charge on any atom is 0.265 e. The summed E-state index contributed by atoms with van der Waals surface area (Å²) in [6.45, 7) is 6.67. The second-order valence-corrected chi connectivity index (χ2v) is 6.11. The van der Waals surface area contributed by atoms with E-state index < -0.39 is 6.10 Å². The minimum absolute atomic E-state index is 0.120. The molecule has 0 fully saturated rings. The first-order valence-corrected chi connectivity index (χ1v) is 8.96. The molecule has 0 saturated carbocycles. The predicted octanol–water partition coefficient (Wildman–Crippen LogP) is 4.23. The van der Waals surface area contributed by atoms with Crippen molar-refractivity contribution in [1.29, 1.82) is 0 Å². The van der Waals surface area contributed by atoms with Gasteiger partial charge in [0.05, 0.1) is 16.3 Å². The van der Waals surface area contributed by atoms with Gasteiger partial charge < -0.3 is 15.0 Å². The molecule has 1 atom stereocenters. The Morgan fingerprint density at radius 1 is 1.08 bits per heavy atom. The molecule has 0 unspecified atom stereocenters. The summed E-state index contributed by atoms with van der Waals surface area (Å²) < 4.78 is 5.63. The quantitative estimate of drug-likeness (QED) is 0.789. The van der Waals surface area contributed by atoms with Gasteiger partial charge in [-0.2, -0.15) is 0 Å². The standard InChI is InChI=1S/C20H23ClN2O3/c1-4-23(5-2)20(25)15-10-6-8-12-17(15)22-19(24)14(3)26-18-13-9-7-11-16(18)21/h6-14H,4-5H2,1-3H3,(H,22,24)/t14-/m0/s1. The van der Waals surface area contributed by atoms with Crippen LogP contribution in [0.3, 0.4) is 0 Å². The van der Waals surface area contributed by atoms with E-state index in [1.165, 1.54) is 0 Å². The van der Waals surface area contributed by atoms with Gasteiger partial charge in [-0.05, 0) is 45.0 Å². The lowest BCUT2D eigenvalue weighted by Crippen LogP contribution is -2.33. The van der Waals surface area contributed by atoms with Crippen molar-refractivity contribution < 1.29 is 14.3 Å². The number of rotatable bonds is 7. The molecule has 0 saturated heterocycles. The molecule has 0 aliphatic carbocycles. The monoisotopic (exact) mass is 374 g/mol. The summed E-state index contributed by atoms with van der Waals surface area (Å²) in [6.07, 6.45) is -0.772. The number of benzene rings is 2. The third kappa shape index (κ3) is 4.76. The first-order valence-electron chi connectivity index (χ1n) is 8.58. The van der Waals surface area contributed by atoms with Gasteiger partial charge in [0.1, 0.15) is 5.75 Å². The number of hydrogen-bond acceptors (Lipinski definition) is 3. The summed E-state index contributed by atoms with van der Waals surface area (Å²) in [6, 6.07) is 13.9. The van der Waals surface area contributed by atoms with E-state index in [-0.39, 0.29) is 11.8 Å². The van der Waals surface area contributed by atoms with Crippen molar-refractivity contribution in [2.24, 2.45) is 0 Å². The van der Waals surface area contributed by atoms with Gasteiger partial charge in [-0.3, -0.25) is 9.59 Å². The highest BCUT2D eigenvalue weighted by Crippen LogP contribution is 2.25. The van der Waals surface area contributed by atoms with Crippen molar-refractivity contribution in [1.82, 2.24) is 4.90 Å². The SMILES string of the molecule is CCN(CC)C(=O)c1ccccc1NC(=O)[C@H](C)Oc1ccccc1Cl. The van der Waals surface area contributed by atoms with Crippen molar-refractivity contribution in [3.8, 4) is 5.75 Å². The molecule has 0 bridgehead atoms. The van der Waals surface area contributed by atoms with Gasteiger partial charge >= 0.3 is 0 Å².